The van der Waals surface area contributed by atoms with E-state index in [2.05, 4.69) is 98.9 Å². The number of ether oxygens (including phenoxy) is 6. The van der Waals surface area contributed by atoms with E-state index in [4.69, 9.17) is 28.4 Å². The fourth-order valence-electron chi connectivity index (χ4n) is 9.76. The molecule has 0 amide bonds. The number of esters is 1. The zero-order valence-electron chi connectivity index (χ0n) is 50.5. The van der Waals surface area contributed by atoms with E-state index in [-0.39, 0.29) is 25.6 Å². The highest BCUT2D eigenvalue weighted by Gasteiger charge is 2.47. The summed E-state index contributed by atoms with van der Waals surface area (Å²) in [6, 6.07) is 0. The lowest BCUT2D eigenvalue weighted by Crippen LogP contribution is -2.61. The van der Waals surface area contributed by atoms with E-state index in [9.17, 15) is 40.5 Å². The van der Waals surface area contributed by atoms with Crippen LogP contribution in [0, 0.1) is 0 Å². The van der Waals surface area contributed by atoms with Crippen molar-refractivity contribution in [2.45, 2.75) is 300 Å². The third kappa shape index (κ3) is 38.7. The lowest BCUT2D eigenvalue weighted by molar-refractivity contribution is -0.332. The first-order valence-electron chi connectivity index (χ1n) is 32.2. The van der Waals surface area contributed by atoms with E-state index in [0.717, 1.165) is 89.9 Å². The second-order valence-electron chi connectivity index (χ2n) is 22.2. The summed E-state index contributed by atoms with van der Waals surface area (Å²) in [5, 5.41) is 72.5. The van der Waals surface area contributed by atoms with Gasteiger partial charge >= 0.3 is 5.97 Å². The summed E-state index contributed by atoms with van der Waals surface area (Å²) >= 11 is 0. The molecule has 2 aliphatic heterocycles. The lowest BCUT2D eigenvalue weighted by Gasteiger charge is -2.42. The Bertz CT molecular complexity index is 1660. The van der Waals surface area contributed by atoms with Crippen molar-refractivity contribution in [2.75, 3.05) is 33.0 Å². The van der Waals surface area contributed by atoms with Gasteiger partial charge in [-0.1, -0.05) is 221 Å². The fourth-order valence-corrected chi connectivity index (χ4v) is 9.76. The summed E-state index contributed by atoms with van der Waals surface area (Å²) in [4.78, 5) is 13.1. The van der Waals surface area contributed by atoms with Crippen molar-refractivity contribution in [2.24, 2.45) is 0 Å². The maximum atomic E-state index is 13.1. The van der Waals surface area contributed by atoms with Crippen LogP contribution >= 0.6 is 0 Å². The summed E-state index contributed by atoms with van der Waals surface area (Å²) < 4.78 is 34.5. The number of allylic oxidation sites excluding steroid dienone is 14. The molecular formula is C67H116O14. The topological polar surface area (TPSA) is 214 Å². The molecule has 0 aromatic carbocycles. The highest BCUT2D eigenvalue weighted by molar-refractivity contribution is 5.69. The predicted octanol–water partition coefficient (Wildman–Crippen LogP) is 12.8. The van der Waals surface area contributed by atoms with Crippen molar-refractivity contribution in [1.82, 2.24) is 0 Å². The van der Waals surface area contributed by atoms with E-state index < -0.39 is 80.7 Å². The Morgan fingerprint density at radius 3 is 1.26 bits per heavy atom. The highest BCUT2D eigenvalue weighted by atomic mass is 16.7. The number of unbranched alkanes of at least 4 members (excludes halogenated alkanes) is 24. The molecular weight excluding hydrogens is 1030 g/mol. The standard InChI is InChI=1S/C67H116O14/c1-3-5-7-9-11-13-15-17-19-21-23-25-27-28-29-30-32-34-36-38-40-42-44-46-48-50-59(69)79-56(53-76-51-49-47-45-43-41-39-37-35-33-31-26-24-22-20-18-16-14-12-10-8-6-4-2)54-77-66-65(75)63(73)61(71)58(81-66)55-78-67-64(74)62(72)60(70)57(52-68)80-67/h6,8,12,14-15,17-18,20-21,23-24,26-28,56-58,60-68,70-75H,3-5,7,9-11,13,16,19,22,25,29-55H2,1-2H3/b8-6-,14-12-,17-15-,20-18-,23-21-,26-24-,28-27-. The lowest BCUT2D eigenvalue weighted by atomic mass is 9.98. The van der Waals surface area contributed by atoms with Crippen LogP contribution in [0.3, 0.4) is 0 Å². The van der Waals surface area contributed by atoms with E-state index >= 15 is 0 Å². The number of carbonyl (C=O) groups excluding carboxylic acids is 1. The van der Waals surface area contributed by atoms with Gasteiger partial charge in [-0.3, -0.25) is 4.79 Å². The molecule has 0 saturated carbocycles. The Morgan fingerprint density at radius 1 is 0.420 bits per heavy atom. The summed E-state index contributed by atoms with van der Waals surface area (Å²) in [6.07, 6.45) is 53.5. The minimum absolute atomic E-state index is 0.0518. The van der Waals surface area contributed by atoms with Gasteiger partial charge < -0.3 is 64.2 Å². The number of hydrogen-bond donors (Lipinski definition) is 7. The molecule has 0 spiro atoms. The van der Waals surface area contributed by atoms with E-state index in [1.54, 1.807) is 0 Å². The molecule has 7 N–H and O–H groups in total. The molecule has 0 aliphatic carbocycles. The number of aliphatic hydroxyl groups excluding tert-OH is 7. The van der Waals surface area contributed by atoms with Crippen LogP contribution in [-0.4, -0.2) is 142 Å². The van der Waals surface area contributed by atoms with Gasteiger partial charge in [0.2, 0.25) is 0 Å². The monoisotopic (exact) mass is 1140 g/mol. The van der Waals surface area contributed by atoms with Gasteiger partial charge in [-0.05, 0) is 89.9 Å². The summed E-state index contributed by atoms with van der Waals surface area (Å²) in [5.74, 6) is -0.383. The molecule has 11 unspecified atom stereocenters. The molecule has 2 rings (SSSR count). The molecule has 0 radical (unpaired) electrons. The van der Waals surface area contributed by atoms with E-state index in [1.165, 1.54) is 116 Å². The molecule has 0 aromatic rings. The second kappa shape index (κ2) is 52.7. The van der Waals surface area contributed by atoms with Crippen molar-refractivity contribution in [3.8, 4) is 0 Å². The van der Waals surface area contributed by atoms with Crippen molar-refractivity contribution >= 4 is 5.97 Å². The normalized spacial score (nSPS) is 24.3. The maximum absolute atomic E-state index is 13.1. The Morgan fingerprint density at radius 2 is 0.802 bits per heavy atom. The molecule has 11 atom stereocenters. The van der Waals surface area contributed by atoms with Crippen molar-refractivity contribution in [1.29, 1.82) is 0 Å². The molecule has 0 aromatic heterocycles. The fraction of sp³-hybridized carbons (Fsp3) is 0.776. The Balaban J connectivity index is 1.68. The molecule has 2 aliphatic rings. The number of carbonyl (C=O) groups is 1. The van der Waals surface area contributed by atoms with Crippen LogP contribution in [0.1, 0.15) is 232 Å². The SMILES string of the molecule is CC/C=C\C/C=C\C/C=C\C/C=C\CCCCCCCCCCCOCC(COC1OC(COC2OC(CO)C(O)C(O)C2O)C(O)C(O)C1O)OC(=O)CCCCCCCCCCCC/C=C\C/C=C\C/C=C\CCCCCCC. The summed E-state index contributed by atoms with van der Waals surface area (Å²) in [5.41, 5.74) is 0. The number of rotatable bonds is 52. The third-order valence-electron chi connectivity index (χ3n) is 14.9. The van der Waals surface area contributed by atoms with Gasteiger partial charge in [0.1, 0.15) is 54.9 Å². The third-order valence-corrected chi connectivity index (χ3v) is 14.9. The average Bonchev–Trinajstić information content (AvgIpc) is 3.57. The molecule has 0 bridgehead atoms. The van der Waals surface area contributed by atoms with Crippen LogP contribution in [-0.2, 0) is 33.2 Å². The number of aliphatic hydroxyl groups is 7. The maximum Gasteiger partial charge on any atom is 0.306 e. The zero-order chi connectivity index (χ0) is 58.6. The van der Waals surface area contributed by atoms with Crippen LogP contribution in [0.4, 0.5) is 0 Å². The predicted molar refractivity (Wildman–Crippen MR) is 325 cm³/mol. The minimum atomic E-state index is -1.71. The largest absolute Gasteiger partial charge is 0.457 e. The van der Waals surface area contributed by atoms with Gasteiger partial charge in [-0.15, -0.1) is 0 Å². The second-order valence-corrected chi connectivity index (χ2v) is 22.2. The van der Waals surface area contributed by atoms with Crippen LogP contribution in [0.5, 0.6) is 0 Å². The van der Waals surface area contributed by atoms with Crippen molar-refractivity contribution in [3.63, 3.8) is 0 Å². The van der Waals surface area contributed by atoms with Crippen molar-refractivity contribution in [3.05, 3.63) is 85.1 Å². The number of hydrogen-bond acceptors (Lipinski definition) is 14. The first kappa shape index (κ1) is 74.3. The molecule has 468 valence electrons. The molecule has 2 fully saturated rings. The van der Waals surface area contributed by atoms with Gasteiger partial charge in [0.05, 0.1) is 26.4 Å². The van der Waals surface area contributed by atoms with Gasteiger partial charge in [-0.25, -0.2) is 0 Å². The summed E-state index contributed by atoms with van der Waals surface area (Å²) in [7, 11) is 0. The van der Waals surface area contributed by atoms with E-state index in [0.29, 0.717) is 13.0 Å². The average molecular weight is 1150 g/mol. The first-order valence-corrected chi connectivity index (χ1v) is 32.2. The molecule has 14 heteroatoms. The molecule has 2 heterocycles. The van der Waals surface area contributed by atoms with Crippen LogP contribution in [0.2, 0.25) is 0 Å². The molecule has 81 heavy (non-hydrogen) atoms. The molecule has 14 nitrogen and oxygen atoms in total. The van der Waals surface area contributed by atoms with Crippen LogP contribution in [0.15, 0.2) is 85.1 Å². The van der Waals surface area contributed by atoms with Gasteiger partial charge in [0.25, 0.3) is 0 Å². The highest BCUT2D eigenvalue weighted by Crippen LogP contribution is 2.27. The first-order chi connectivity index (χ1) is 39.6. The van der Waals surface area contributed by atoms with Gasteiger partial charge in [0, 0.05) is 13.0 Å². The van der Waals surface area contributed by atoms with Crippen LogP contribution in [0.25, 0.3) is 0 Å². The van der Waals surface area contributed by atoms with E-state index in [1.807, 2.05) is 0 Å². The smallest absolute Gasteiger partial charge is 0.306 e. The van der Waals surface area contributed by atoms with Crippen molar-refractivity contribution < 1.29 is 69.0 Å². The van der Waals surface area contributed by atoms with Gasteiger partial charge in [0.15, 0.2) is 12.6 Å². The Labute approximate surface area is 490 Å². The summed E-state index contributed by atoms with van der Waals surface area (Å²) in [6.45, 7) is 3.56. The van der Waals surface area contributed by atoms with Crippen LogP contribution < -0.4 is 0 Å². The molecule has 2 saturated heterocycles. The minimum Gasteiger partial charge on any atom is -0.457 e. The zero-order valence-corrected chi connectivity index (χ0v) is 50.5. The Hall–Kier alpha value is -2.83. The Kier molecular flexibility index (Phi) is 48.3. The van der Waals surface area contributed by atoms with Gasteiger partial charge in [-0.2, -0.15) is 0 Å². The quantitative estimate of drug-likeness (QED) is 0.0172.